The van der Waals surface area contributed by atoms with Crippen LogP contribution in [0.2, 0.25) is 10.0 Å². The van der Waals surface area contributed by atoms with E-state index >= 15 is 0 Å². The first-order valence-electron chi connectivity index (χ1n) is 7.03. The van der Waals surface area contributed by atoms with Crippen LogP contribution in [-0.4, -0.2) is 10.1 Å². The number of aromatic nitrogens is 1. The molecule has 0 aliphatic heterocycles. The minimum atomic E-state index is 0.475. The van der Waals surface area contributed by atoms with Crippen molar-refractivity contribution in [2.24, 2.45) is 5.92 Å². The summed E-state index contributed by atoms with van der Waals surface area (Å²) in [6.45, 7) is 2.28. The third-order valence-corrected chi connectivity index (χ3v) is 5.37. The predicted octanol–water partition coefficient (Wildman–Crippen LogP) is 5.38. The summed E-state index contributed by atoms with van der Waals surface area (Å²) >= 11 is 19.0. The van der Waals surface area contributed by atoms with Gasteiger partial charge in [-0.3, -0.25) is 0 Å². The Bertz CT molecular complexity index is 715. The van der Waals surface area contributed by atoms with Gasteiger partial charge < -0.3 is 10.6 Å². The largest absolute Gasteiger partial charge is 0.331 e. The molecule has 0 saturated carbocycles. The molecule has 3 nitrogen and oxygen atoms in total. The molecule has 0 spiro atoms. The van der Waals surface area contributed by atoms with E-state index in [-0.39, 0.29) is 0 Å². The molecule has 1 aliphatic rings. The highest BCUT2D eigenvalue weighted by molar-refractivity contribution is 7.80. The molecule has 1 aromatic carbocycles. The number of halogens is 2. The Kier molecular flexibility index (Phi) is 4.88. The Morgan fingerprint density at radius 2 is 2.18 bits per heavy atom. The smallest absolute Gasteiger partial charge is 0.189 e. The van der Waals surface area contributed by atoms with Crippen molar-refractivity contribution in [3.8, 4) is 0 Å². The summed E-state index contributed by atoms with van der Waals surface area (Å²) in [5.74, 6) is 0.735. The lowest BCUT2D eigenvalue weighted by Gasteiger charge is -2.15. The molecular formula is C15H15Cl2N3S2. The van der Waals surface area contributed by atoms with E-state index in [4.69, 9.17) is 35.4 Å². The summed E-state index contributed by atoms with van der Waals surface area (Å²) < 4.78 is 0. The van der Waals surface area contributed by atoms with Gasteiger partial charge in [0, 0.05) is 9.90 Å². The molecule has 1 unspecified atom stereocenters. The summed E-state index contributed by atoms with van der Waals surface area (Å²) in [4.78, 5) is 6.00. The summed E-state index contributed by atoms with van der Waals surface area (Å²) in [5.41, 5.74) is 1.93. The normalized spacial score (nSPS) is 17.0. The minimum Gasteiger partial charge on any atom is -0.331 e. The van der Waals surface area contributed by atoms with Gasteiger partial charge in [-0.1, -0.05) is 30.1 Å². The van der Waals surface area contributed by atoms with Crippen LogP contribution in [0.3, 0.4) is 0 Å². The Balaban J connectivity index is 1.67. The molecule has 116 valence electrons. The zero-order valence-corrected chi connectivity index (χ0v) is 15.1. The molecule has 2 N–H and O–H groups in total. The summed E-state index contributed by atoms with van der Waals surface area (Å²) in [6, 6.07) is 5.24. The number of fused-ring (bicyclic) bond motifs is 1. The fraction of sp³-hybridized carbons (Fsp3) is 0.333. The van der Waals surface area contributed by atoms with E-state index < -0.39 is 0 Å². The van der Waals surface area contributed by atoms with Crippen molar-refractivity contribution < 1.29 is 0 Å². The first-order chi connectivity index (χ1) is 10.5. The molecule has 0 radical (unpaired) electrons. The molecule has 1 aliphatic carbocycles. The molecule has 3 rings (SSSR count). The number of thiocarbonyl (C=S) groups is 1. The molecule has 2 aromatic rings. The fourth-order valence-corrected chi connectivity index (χ4v) is 4.34. The van der Waals surface area contributed by atoms with Gasteiger partial charge in [0.05, 0.1) is 16.4 Å². The molecular weight excluding hydrogens is 357 g/mol. The van der Waals surface area contributed by atoms with Crippen molar-refractivity contribution in [1.29, 1.82) is 0 Å². The van der Waals surface area contributed by atoms with Gasteiger partial charge in [0.25, 0.3) is 0 Å². The van der Waals surface area contributed by atoms with Crippen LogP contribution in [0, 0.1) is 5.92 Å². The van der Waals surface area contributed by atoms with Crippen LogP contribution in [0.4, 0.5) is 10.8 Å². The SMILES string of the molecule is CC1CCc2nc(NC(=S)Nc3ccc(Cl)cc3Cl)sc2C1. The van der Waals surface area contributed by atoms with Gasteiger partial charge in [-0.25, -0.2) is 4.98 Å². The molecule has 22 heavy (non-hydrogen) atoms. The first-order valence-corrected chi connectivity index (χ1v) is 9.01. The second kappa shape index (κ2) is 6.71. The topological polar surface area (TPSA) is 37.0 Å². The Hall–Kier alpha value is -0.880. The number of hydrogen-bond donors (Lipinski definition) is 2. The van der Waals surface area contributed by atoms with E-state index in [2.05, 4.69) is 22.5 Å². The van der Waals surface area contributed by atoms with Crippen molar-refractivity contribution in [3.63, 3.8) is 0 Å². The lowest BCUT2D eigenvalue weighted by molar-refractivity contribution is 0.502. The van der Waals surface area contributed by atoms with Crippen LogP contribution in [0.1, 0.15) is 23.9 Å². The van der Waals surface area contributed by atoms with Gasteiger partial charge >= 0.3 is 0 Å². The lowest BCUT2D eigenvalue weighted by Crippen LogP contribution is -2.19. The number of nitrogens with one attached hydrogen (secondary N) is 2. The number of rotatable bonds is 2. The zero-order chi connectivity index (χ0) is 15.7. The number of anilines is 2. The van der Waals surface area contributed by atoms with E-state index in [1.807, 2.05) is 0 Å². The number of hydrogen-bond acceptors (Lipinski definition) is 3. The predicted molar refractivity (Wildman–Crippen MR) is 99.6 cm³/mol. The Morgan fingerprint density at radius 1 is 1.36 bits per heavy atom. The zero-order valence-electron chi connectivity index (χ0n) is 12.0. The summed E-state index contributed by atoms with van der Waals surface area (Å²) in [7, 11) is 0. The van der Waals surface area contributed by atoms with Crippen LogP contribution < -0.4 is 10.6 Å². The Morgan fingerprint density at radius 3 is 2.95 bits per heavy atom. The monoisotopic (exact) mass is 371 g/mol. The van der Waals surface area contributed by atoms with Gasteiger partial charge in [0.2, 0.25) is 0 Å². The van der Waals surface area contributed by atoms with Crippen LogP contribution in [0.15, 0.2) is 18.2 Å². The molecule has 0 fully saturated rings. The second-order valence-corrected chi connectivity index (χ2v) is 7.78. The number of nitrogens with zero attached hydrogens (tertiary/aromatic N) is 1. The quantitative estimate of drug-likeness (QED) is 0.694. The second-order valence-electron chi connectivity index (χ2n) is 5.44. The molecule has 1 aromatic heterocycles. The molecule has 1 heterocycles. The third-order valence-electron chi connectivity index (χ3n) is 3.59. The van der Waals surface area contributed by atoms with Gasteiger partial charge in [-0.2, -0.15) is 0 Å². The Labute approximate surface area is 149 Å². The van der Waals surface area contributed by atoms with Crippen molar-refractivity contribution >= 4 is 62.7 Å². The van der Waals surface area contributed by atoms with Gasteiger partial charge in [-0.15, -0.1) is 11.3 Å². The molecule has 0 saturated heterocycles. The van der Waals surface area contributed by atoms with E-state index in [0.717, 1.165) is 29.6 Å². The third kappa shape index (κ3) is 3.71. The standard InChI is InChI=1S/C15H15Cl2N3S2/c1-8-2-4-12-13(6-8)22-15(19-12)20-14(21)18-11-5-3-9(16)7-10(11)17/h3,5,7-8H,2,4,6H2,1H3,(H2,18,19,20,21). The maximum absolute atomic E-state index is 6.13. The molecule has 0 bridgehead atoms. The number of thiazole rings is 1. The average Bonchev–Trinajstić information content (AvgIpc) is 2.83. The van der Waals surface area contributed by atoms with Crippen molar-refractivity contribution in [1.82, 2.24) is 4.98 Å². The van der Waals surface area contributed by atoms with Crippen LogP contribution >= 0.6 is 46.8 Å². The molecule has 0 amide bonds. The number of aryl methyl sites for hydroxylation is 1. The van der Waals surface area contributed by atoms with Gasteiger partial charge in [0.15, 0.2) is 10.2 Å². The van der Waals surface area contributed by atoms with Crippen molar-refractivity contribution in [3.05, 3.63) is 38.8 Å². The molecule has 7 heteroatoms. The van der Waals surface area contributed by atoms with Crippen LogP contribution in [0.25, 0.3) is 0 Å². The number of benzene rings is 1. The van der Waals surface area contributed by atoms with E-state index in [1.54, 1.807) is 29.5 Å². The van der Waals surface area contributed by atoms with E-state index in [0.29, 0.717) is 15.2 Å². The fourth-order valence-electron chi connectivity index (χ4n) is 2.43. The van der Waals surface area contributed by atoms with Crippen molar-refractivity contribution in [2.75, 3.05) is 10.6 Å². The first kappa shape index (κ1) is 16.0. The van der Waals surface area contributed by atoms with Crippen molar-refractivity contribution in [2.45, 2.75) is 26.2 Å². The van der Waals surface area contributed by atoms with Crippen LogP contribution in [-0.2, 0) is 12.8 Å². The van der Waals surface area contributed by atoms with Gasteiger partial charge in [-0.05, 0) is 55.6 Å². The highest BCUT2D eigenvalue weighted by Crippen LogP contribution is 2.32. The lowest BCUT2D eigenvalue weighted by atomic mass is 9.93. The maximum atomic E-state index is 6.13. The highest BCUT2D eigenvalue weighted by Gasteiger charge is 2.20. The summed E-state index contributed by atoms with van der Waals surface area (Å²) in [6.07, 6.45) is 3.37. The molecule has 1 atom stereocenters. The van der Waals surface area contributed by atoms with E-state index in [9.17, 15) is 0 Å². The van der Waals surface area contributed by atoms with E-state index in [1.165, 1.54) is 17.0 Å². The minimum absolute atomic E-state index is 0.475. The van der Waals surface area contributed by atoms with Crippen LogP contribution in [0.5, 0.6) is 0 Å². The highest BCUT2D eigenvalue weighted by atomic mass is 35.5. The summed E-state index contributed by atoms with van der Waals surface area (Å²) in [5, 5.41) is 8.65. The average molecular weight is 372 g/mol. The maximum Gasteiger partial charge on any atom is 0.189 e. The van der Waals surface area contributed by atoms with Gasteiger partial charge in [0.1, 0.15) is 0 Å².